The Hall–Kier alpha value is -1.88. The van der Waals surface area contributed by atoms with Crippen LogP contribution < -0.4 is 5.32 Å². The van der Waals surface area contributed by atoms with Gasteiger partial charge >= 0.3 is 6.09 Å². The fraction of sp³-hybridized carbons (Fsp3) is 0.500. The Morgan fingerprint density at radius 3 is 2.33 bits per heavy atom. The Balaban J connectivity index is 2.43. The first kappa shape index (κ1) is 17.2. The second-order valence-corrected chi connectivity index (χ2v) is 5.81. The molecule has 0 fully saturated rings. The number of hydrogen-bond donors (Lipinski definition) is 1. The molecule has 21 heavy (non-hydrogen) atoms. The molecule has 1 amide bonds. The predicted molar refractivity (Wildman–Crippen MR) is 79.9 cm³/mol. The minimum atomic E-state index is -0.705. The molecule has 0 aliphatic carbocycles. The quantitative estimate of drug-likeness (QED) is 0.876. The number of hydrogen-bond acceptors (Lipinski definition) is 4. The van der Waals surface area contributed by atoms with Crippen LogP contribution in [0.3, 0.4) is 0 Å². The highest BCUT2D eigenvalue weighted by Crippen LogP contribution is 2.07. The fourth-order valence-electron chi connectivity index (χ4n) is 1.58. The lowest BCUT2D eigenvalue weighted by Gasteiger charge is -2.22. The Morgan fingerprint density at radius 1 is 1.19 bits per heavy atom. The van der Waals surface area contributed by atoms with Crippen molar-refractivity contribution < 1.29 is 19.1 Å². The second kappa shape index (κ2) is 7.78. The van der Waals surface area contributed by atoms with Gasteiger partial charge in [-0.05, 0) is 33.3 Å². The summed E-state index contributed by atoms with van der Waals surface area (Å²) in [5, 5.41) is 2.52. The summed E-state index contributed by atoms with van der Waals surface area (Å²) in [6.07, 6.45) is -0.619. The minimum absolute atomic E-state index is 0.115. The van der Waals surface area contributed by atoms with Gasteiger partial charge in [0.1, 0.15) is 11.6 Å². The summed E-state index contributed by atoms with van der Waals surface area (Å²) in [5.41, 5.74) is 0.410. The highest BCUT2D eigenvalue weighted by molar-refractivity contribution is 5.85. The summed E-state index contributed by atoms with van der Waals surface area (Å²) in [5.74, 6) is -0.172. The van der Waals surface area contributed by atoms with Crippen LogP contribution >= 0.6 is 0 Å². The fourth-order valence-corrected chi connectivity index (χ4v) is 1.58. The molecule has 0 aliphatic heterocycles. The van der Waals surface area contributed by atoms with Gasteiger partial charge in [0.15, 0.2) is 5.78 Å². The van der Waals surface area contributed by atoms with Crippen LogP contribution in [0.15, 0.2) is 30.3 Å². The van der Waals surface area contributed by atoms with Crippen molar-refractivity contribution in [3.05, 3.63) is 35.9 Å². The summed E-state index contributed by atoms with van der Waals surface area (Å²) < 4.78 is 10.6. The van der Waals surface area contributed by atoms with Crippen molar-refractivity contribution in [3.63, 3.8) is 0 Å². The average molecular weight is 293 g/mol. The Morgan fingerprint density at radius 2 is 1.81 bits per heavy atom. The highest BCUT2D eigenvalue weighted by Gasteiger charge is 2.22. The number of nitrogens with one attached hydrogen (secondary N) is 1. The zero-order chi connectivity index (χ0) is 15.9. The average Bonchev–Trinajstić information content (AvgIpc) is 2.36. The first-order valence-corrected chi connectivity index (χ1v) is 6.89. The van der Waals surface area contributed by atoms with Crippen molar-refractivity contribution in [1.82, 2.24) is 5.32 Å². The molecular weight excluding hydrogens is 270 g/mol. The lowest BCUT2D eigenvalue weighted by molar-refractivity contribution is -0.120. The monoisotopic (exact) mass is 293 g/mol. The smallest absolute Gasteiger partial charge is 0.408 e. The maximum absolute atomic E-state index is 11.7. The van der Waals surface area contributed by atoms with Crippen LogP contribution in [0.4, 0.5) is 4.79 Å². The van der Waals surface area contributed by atoms with E-state index in [1.165, 1.54) is 6.92 Å². The molecule has 0 aromatic heterocycles. The third-order valence-corrected chi connectivity index (χ3v) is 2.58. The number of Topliss-reactive ketones (excluding diaryl/α,β-unsaturated/α-hetero) is 1. The maximum Gasteiger partial charge on any atom is 0.408 e. The minimum Gasteiger partial charge on any atom is -0.444 e. The molecule has 0 saturated carbocycles. The molecule has 1 rings (SSSR count). The molecule has 0 aliphatic rings. The lowest BCUT2D eigenvalue weighted by Crippen LogP contribution is -2.45. The second-order valence-electron chi connectivity index (χ2n) is 5.81. The summed E-state index contributed by atoms with van der Waals surface area (Å²) in [6, 6.07) is 8.92. The summed E-state index contributed by atoms with van der Waals surface area (Å²) in [6.45, 7) is 7.21. The summed E-state index contributed by atoms with van der Waals surface area (Å²) in [7, 11) is 0. The Labute approximate surface area is 125 Å². The van der Waals surface area contributed by atoms with E-state index in [4.69, 9.17) is 9.47 Å². The third-order valence-electron chi connectivity index (χ3n) is 2.58. The number of amides is 1. The standard InChI is InChI=1S/C16H23NO4/c1-12(18)14(17-15(19)21-16(2,3)4)11-20-10-13-8-6-5-7-9-13/h5-9,14H,10-11H2,1-4H3,(H,17,19)/t14-/m0/s1. The molecule has 1 aromatic carbocycles. The molecule has 116 valence electrons. The molecule has 0 heterocycles. The van der Waals surface area contributed by atoms with Crippen molar-refractivity contribution in [2.75, 3.05) is 6.61 Å². The van der Waals surface area contributed by atoms with Gasteiger partial charge in [-0.1, -0.05) is 30.3 Å². The van der Waals surface area contributed by atoms with E-state index < -0.39 is 17.7 Å². The molecule has 0 spiro atoms. The number of ether oxygens (including phenoxy) is 2. The first-order valence-electron chi connectivity index (χ1n) is 6.89. The van der Waals surface area contributed by atoms with Crippen LogP contribution in [-0.2, 0) is 20.9 Å². The largest absolute Gasteiger partial charge is 0.444 e. The van der Waals surface area contributed by atoms with Crippen molar-refractivity contribution in [1.29, 1.82) is 0 Å². The zero-order valence-electron chi connectivity index (χ0n) is 13.0. The van der Waals surface area contributed by atoms with E-state index in [-0.39, 0.29) is 12.4 Å². The van der Waals surface area contributed by atoms with Gasteiger partial charge in [-0.2, -0.15) is 0 Å². The number of alkyl carbamates (subject to hydrolysis) is 1. The van der Waals surface area contributed by atoms with Gasteiger partial charge in [0.25, 0.3) is 0 Å². The Bertz CT molecular complexity index is 465. The summed E-state index contributed by atoms with van der Waals surface area (Å²) >= 11 is 0. The molecule has 5 nitrogen and oxygen atoms in total. The molecule has 0 saturated heterocycles. The summed E-state index contributed by atoms with van der Waals surface area (Å²) in [4.78, 5) is 23.2. The molecule has 1 aromatic rings. The van der Waals surface area contributed by atoms with Gasteiger partial charge < -0.3 is 14.8 Å². The van der Waals surface area contributed by atoms with Crippen LogP contribution in [0.25, 0.3) is 0 Å². The van der Waals surface area contributed by atoms with Crippen LogP contribution in [0.5, 0.6) is 0 Å². The van der Waals surface area contributed by atoms with Gasteiger partial charge in [0, 0.05) is 0 Å². The molecule has 1 N–H and O–H groups in total. The SMILES string of the molecule is CC(=O)[C@H](COCc1ccccc1)NC(=O)OC(C)(C)C. The van der Waals surface area contributed by atoms with E-state index in [2.05, 4.69) is 5.32 Å². The van der Waals surface area contributed by atoms with Crippen molar-refractivity contribution >= 4 is 11.9 Å². The van der Waals surface area contributed by atoms with Crippen LogP contribution in [0, 0.1) is 0 Å². The van der Waals surface area contributed by atoms with Crippen LogP contribution in [0.2, 0.25) is 0 Å². The van der Waals surface area contributed by atoms with Crippen molar-refractivity contribution in [2.45, 2.75) is 45.9 Å². The van der Waals surface area contributed by atoms with Gasteiger partial charge in [0.05, 0.1) is 13.2 Å². The highest BCUT2D eigenvalue weighted by atomic mass is 16.6. The number of rotatable bonds is 6. The van der Waals surface area contributed by atoms with Crippen molar-refractivity contribution in [3.8, 4) is 0 Å². The van der Waals surface area contributed by atoms with E-state index in [0.717, 1.165) is 5.56 Å². The number of ketones is 1. The van der Waals surface area contributed by atoms with Gasteiger partial charge in [0.2, 0.25) is 0 Å². The molecule has 5 heteroatoms. The van der Waals surface area contributed by atoms with Gasteiger partial charge in [-0.15, -0.1) is 0 Å². The van der Waals surface area contributed by atoms with Crippen LogP contribution in [-0.4, -0.2) is 30.1 Å². The van der Waals surface area contributed by atoms with E-state index >= 15 is 0 Å². The van der Waals surface area contributed by atoms with E-state index in [1.807, 2.05) is 30.3 Å². The molecule has 0 unspecified atom stereocenters. The van der Waals surface area contributed by atoms with Gasteiger partial charge in [-0.3, -0.25) is 4.79 Å². The zero-order valence-corrected chi connectivity index (χ0v) is 13.0. The van der Waals surface area contributed by atoms with E-state index in [0.29, 0.717) is 6.61 Å². The Kier molecular flexibility index (Phi) is 6.37. The first-order chi connectivity index (χ1) is 9.78. The van der Waals surface area contributed by atoms with Crippen LogP contribution in [0.1, 0.15) is 33.3 Å². The van der Waals surface area contributed by atoms with E-state index in [9.17, 15) is 9.59 Å². The maximum atomic E-state index is 11.7. The molecule has 0 radical (unpaired) electrons. The topological polar surface area (TPSA) is 64.6 Å². The number of benzene rings is 1. The molecule has 0 bridgehead atoms. The lowest BCUT2D eigenvalue weighted by atomic mass is 10.2. The van der Waals surface area contributed by atoms with Gasteiger partial charge in [-0.25, -0.2) is 4.79 Å². The normalized spacial score (nSPS) is 12.6. The molecule has 1 atom stereocenters. The van der Waals surface area contributed by atoms with E-state index in [1.54, 1.807) is 20.8 Å². The molecular formula is C16H23NO4. The third kappa shape index (κ3) is 7.46. The number of carbonyl (C=O) groups is 2. The predicted octanol–water partition coefficient (Wildman–Crippen LogP) is 2.69. The van der Waals surface area contributed by atoms with Crippen molar-refractivity contribution in [2.24, 2.45) is 0 Å². The number of carbonyl (C=O) groups excluding carboxylic acids is 2.